The third-order valence-corrected chi connectivity index (χ3v) is 5.14. The summed E-state index contributed by atoms with van der Waals surface area (Å²) in [6, 6.07) is 18.1. The molecule has 0 aliphatic carbocycles. The van der Waals surface area contributed by atoms with Gasteiger partial charge in [-0.15, -0.1) is 0 Å². The average molecular weight is 384 g/mol. The summed E-state index contributed by atoms with van der Waals surface area (Å²) in [5, 5.41) is 10.3. The van der Waals surface area contributed by atoms with Gasteiger partial charge in [-0.2, -0.15) is 0 Å². The number of hydrogen-bond donors (Lipinski definition) is 1. The van der Waals surface area contributed by atoms with Gasteiger partial charge in [0.25, 0.3) is 0 Å². The van der Waals surface area contributed by atoms with E-state index in [4.69, 9.17) is 14.2 Å². The third-order valence-electron chi connectivity index (χ3n) is 5.14. The predicted molar refractivity (Wildman–Crippen MR) is 108 cm³/mol. The minimum Gasteiger partial charge on any atom is -0.486 e. The van der Waals surface area contributed by atoms with Crippen molar-refractivity contribution in [1.29, 1.82) is 0 Å². The van der Waals surface area contributed by atoms with Crippen molar-refractivity contribution in [2.75, 3.05) is 57.4 Å². The quantitative estimate of drug-likeness (QED) is 0.788. The Morgan fingerprint density at radius 1 is 0.964 bits per heavy atom. The summed E-state index contributed by atoms with van der Waals surface area (Å²) in [5.74, 6) is 1.52. The molecule has 0 bridgehead atoms. The number of fused-ring (bicyclic) bond motifs is 1. The van der Waals surface area contributed by atoms with Gasteiger partial charge in [0.2, 0.25) is 0 Å². The molecule has 1 fully saturated rings. The van der Waals surface area contributed by atoms with E-state index in [1.165, 1.54) is 5.69 Å². The zero-order valence-electron chi connectivity index (χ0n) is 16.1. The normalized spacial score (nSPS) is 20.8. The van der Waals surface area contributed by atoms with E-state index in [2.05, 4.69) is 34.1 Å². The van der Waals surface area contributed by atoms with Crippen molar-refractivity contribution in [3.05, 3.63) is 54.6 Å². The molecule has 0 radical (unpaired) electrons. The number of benzene rings is 2. The van der Waals surface area contributed by atoms with Gasteiger partial charge < -0.3 is 24.2 Å². The summed E-state index contributed by atoms with van der Waals surface area (Å²) < 4.78 is 17.2. The van der Waals surface area contributed by atoms with Crippen molar-refractivity contribution in [2.45, 2.75) is 12.2 Å². The summed E-state index contributed by atoms with van der Waals surface area (Å²) in [4.78, 5) is 4.68. The van der Waals surface area contributed by atoms with Crippen LogP contribution in [0.5, 0.6) is 11.5 Å². The molecule has 0 aromatic heterocycles. The average Bonchev–Trinajstić information content (AvgIpc) is 2.75. The Bertz CT molecular complexity index is 734. The molecule has 1 N–H and O–H groups in total. The van der Waals surface area contributed by atoms with E-state index in [9.17, 15) is 5.11 Å². The van der Waals surface area contributed by atoms with Gasteiger partial charge in [0, 0.05) is 38.4 Å². The van der Waals surface area contributed by atoms with Gasteiger partial charge in [-0.05, 0) is 24.3 Å². The Balaban J connectivity index is 1.14. The van der Waals surface area contributed by atoms with Crippen LogP contribution in [0.3, 0.4) is 0 Å². The Labute approximate surface area is 166 Å². The van der Waals surface area contributed by atoms with E-state index in [0.29, 0.717) is 26.4 Å². The molecule has 28 heavy (non-hydrogen) atoms. The van der Waals surface area contributed by atoms with Crippen LogP contribution in [0.25, 0.3) is 0 Å². The van der Waals surface area contributed by atoms with Crippen molar-refractivity contribution in [3.8, 4) is 11.5 Å². The van der Waals surface area contributed by atoms with Gasteiger partial charge in [0.15, 0.2) is 17.6 Å². The summed E-state index contributed by atoms with van der Waals surface area (Å²) >= 11 is 0. The van der Waals surface area contributed by atoms with Crippen LogP contribution in [0.2, 0.25) is 0 Å². The maximum atomic E-state index is 10.3. The number of ether oxygens (including phenoxy) is 3. The molecular formula is C22H28N2O4. The molecule has 2 aromatic rings. The summed E-state index contributed by atoms with van der Waals surface area (Å²) in [6.45, 7) is 5.66. The molecule has 2 heterocycles. The Kier molecular flexibility index (Phi) is 6.31. The first-order valence-corrected chi connectivity index (χ1v) is 9.94. The molecule has 2 aliphatic heterocycles. The number of nitrogens with zero attached hydrogens (tertiary/aromatic N) is 2. The number of rotatable bonds is 7. The van der Waals surface area contributed by atoms with Crippen molar-refractivity contribution in [2.24, 2.45) is 0 Å². The van der Waals surface area contributed by atoms with Gasteiger partial charge in [0.1, 0.15) is 6.61 Å². The Morgan fingerprint density at radius 3 is 2.46 bits per heavy atom. The Hall–Kier alpha value is -2.28. The highest BCUT2D eigenvalue weighted by Crippen LogP contribution is 2.30. The fourth-order valence-electron chi connectivity index (χ4n) is 3.66. The van der Waals surface area contributed by atoms with Crippen molar-refractivity contribution >= 4 is 5.69 Å². The van der Waals surface area contributed by atoms with Crippen LogP contribution in [0, 0.1) is 0 Å². The fraction of sp³-hybridized carbons (Fsp3) is 0.455. The number of hydrogen-bond acceptors (Lipinski definition) is 6. The second kappa shape index (κ2) is 9.28. The Morgan fingerprint density at radius 2 is 1.68 bits per heavy atom. The summed E-state index contributed by atoms with van der Waals surface area (Å²) in [5.41, 5.74) is 1.27. The standard InChI is InChI=1S/C22H28N2O4/c25-19(14-23-10-12-24(13-11-23)18-6-2-1-3-7-18)15-26-16-20-17-27-21-8-4-5-9-22(21)28-20/h1-9,19-20,25H,10-17H2/t19-,20+/m0/s1. The van der Waals surface area contributed by atoms with Crippen molar-refractivity contribution in [1.82, 2.24) is 4.90 Å². The minimum atomic E-state index is -0.500. The second-order valence-electron chi connectivity index (χ2n) is 7.31. The summed E-state index contributed by atoms with van der Waals surface area (Å²) in [7, 11) is 0. The van der Waals surface area contributed by atoms with Crippen LogP contribution in [0.4, 0.5) is 5.69 Å². The van der Waals surface area contributed by atoms with Crippen LogP contribution in [0.1, 0.15) is 0 Å². The van der Waals surface area contributed by atoms with Gasteiger partial charge in [-0.1, -0.05) is 30.3 Å². The van der Waals surface area contributed by atoms with Gasteiger partial charge >= 0.3 is 0 Å². The molecular weight excluding hydrogens is 356 g/mol. The van der Waals surface area contributed by atoms with E-state index in [1.807, 2.05) is 30.3 Å². The van der Waals surface area contributed by atoms with E-state index < -0.39 is 6.10 Å². The molecule has 0 saturated carbocycles. The molecule has 0 unspecified atom stereocenters. The number of aliphatic hydroxyl groups excluding tert-OH is 1. The second-order valence-corrected chi connectivity index (χ2v) is 7.31. The van der Waals surface area contributed by atoms with E-state index in [0.717, 1.165) is 37.7 Å². The van der Waals surface area contributed by atoms with Crippen molar-refractivity contribution < 1.29 is 19.3 Å². The molecule has 2 atom stereocenters. The van der Waals surface area contributed by atoms with Gasteiger partial charge in [0.05, 0.1) is 19.3 Å². The van der Waals surface area contributed by atoms with E-state index >= 15 is 0 Å². The molecule has 4 rings (SSSR count). The number of anilines is 1. The highest BCUT2D eigenvalue weighted by Gasteiger charge is 2.22. The number of para-hydroxylation sites is 3. The number of aliphatic hydroxyl groups is 1. The van der Waals surface area contributed by atoms with Crippen LogP contribution in [-0.2, 0) is 4.74 Å². The highest BCUT2D eigenvalue weighted by atomic mass is 16.6. The first-order valence-electron chi connectivity index (χ1n) is 9.94. The van der Waals surface area contributed by atoms with Crippen molar-refractivity contribution in [3.63, 3.8) is 0 Å². The van der Waals surface area contributed by atoms with Crippen LogP contribution in [0.15, 0.2) is 54.6 Å². The smallest absolute Gasteiger partial charge is 0.161 e. The largest absolute Gasteiger partial charge is 0.486 e. The lowest BCUT2D eigenvalue weighted by Crippen LogP contribution is -2.49. The molecule has 150 valence electrons. The monoisotopic (exact) mass is 384 g/mol. The lowest BCUT2D eigenvalue weighted by molar-refractivity contribution is -0.0292. The van der Waals surface area contributed by atoms with Crippen LogP contribution >= 0.6 is 0 Å². The number of β-amino-alcohol motifs (C(OH)–C–C–N with tert-alkyl or cyclic N) is 1. The zero-order chi connectivity index (χ0) is 19.2. The SMILES string of the molecule is O[C@H](COC[C@@H]1COc2ccccc2O1)CN1CCN(c2ccccc2)CC1. The molecule has 0 amide bonds. The predicted octanol–water partition coefficient (Wildman–Crippen LogP) is 2.03. The molecule has 2 aliphatic rings. The van der Waals surface area contributed by atoms with E-state index in [-0.39, 0.29) is 6.10 Å². The number of piperazine rings is 1. The molecule has 2 aromatic carbocycles. The van der Waals surface area contributed by atoms with Gasteiger partial charge in [-0.25, -0.2) is 0 Å². The summed E-state index contributed by atoms with van der Waals surface area (Å²) in [6.07, 6.45) is -0.642. The first kappa shape index (κ1) is 19.1. The minimum absolute atomic E-state index is 0.142. The first-order chi connectivity index (χ1) is 13.8. The molecule has 6 nitrogen and oxygen atoms in total. The lowest BCUT2D eigenvalue weighted by Gasteiger charge is -2.36. The van der Waals surface area contributed by atoms with Crippen LogP contribution in [-0.4, -0.2) is 74.8 Å². The molecule has 1 saturated heterocycles. The maximum absolute atomic E-state index is 10.3. The molecule has 0 spiro atoms. The highest BCUT2D eigenvalue weighted by molar-refractivity contribution is 5.46. The fourth-order valence-corrected chi connectivity index (χ4v) is 3.66. The zero-order valence-corrected chi connectivity index (χ0v) is 16.1. The van der Waals surface area contributed by atoms with Gasteiger partial charge in [-0.3, -0.25) is 4.90 Å². The lowest BCUT2D eigenvalue weighted by atomic mass is 10.2. The third kappa shape index (κ3) is 4.95. The molecule has 6 heteroatoms. The van der Waals surface area contributed by atoms with E-state index in [1.54, 1.807) is 0 Å². The topological polar surface area (TPSA) is 54.4 Å². The van der Waals surface area contributed by atoms with Crippen LogP contribution < -0.4 is 14.4 Å². The maximum Gasteiger partial charge on any atom is 0.161 e.